The van der Waals surface area contributed by atoms with Crippen molar-refractivity contribution in [2.24, 2.45) is 0 Å². The van der Waals surface area contributed by atoms with Crippen LogP contribution < -0.4 is 10.6 Å². The number of hydrogen-bond acceptors (Lipinski definition) is 4. The van der Waals surface area contributed by atoms with Gasteiger partial charge in [-0.25, -0.2) is 0 Å². The first kappa shape index (κ1) is 12.3. The van der Waals surface area contributed by atoms with Crippen LogP contribution in [0.3, 0.4) is 0 Å². The molecule has 2 atom stereocenters. The fraction of sp³-hybridized carbons (Fsp3) is 0.833. The molecule has 0 spiro atoms. The Kier molecular flexibility index (Phi) is 4.35. The summed E-state index contributed by atoms with van der Waals surface area (Å²) >= 11 is 0. The van der Waals surface area contributed by atoms with Crippen LogP contribution in [0.15, 0.2) is 0 Å². The monoisotopic (exact) mass is 236 g/mol. The maximum Gasteiger partial charge on any atom is 0.234 e. The Morgan fingerprint density at radius 3 is 3.06 bits per heavy atom. The fourth-order valence-corrected chi connectivity index (χ4v) is 2.68. The third kappa shape index (κ3) is 3.69. The van der Waals surface area contributed by atoms with Crippen molar-refractivity contribution in [3.05, 3.63) is 0 Å². The summed E-state index contributed by atoms with van der Waals surface area (Å²) in [4.78, 5) is 13.8. The molecule has 2 fully saturated rings. The van der Waals surface area contributed by atoms with Crippen molar-refractivity contribution in [2.75, 3.05) is 26.2 Å². The van der Waals surface area contributed by atoms with Gasteiger partial charge in [-0.2, -0.15) is 5.26 Å². The van der Waals surface area contributed by atoms with E-state index in [1.807, 2.05) is 6.07 Å². The average Bonchev–Trinajstić information content (AvgIpc) is 2.63. The zero-order valence-electron chi connectivity index (χ0n) is 10.1. The molecule has 2 bridgehead atoms. The van der Waals surface area contributed by atoms with Crippen LogP contribution >= 0.6 is 0 Å². The molecule has 94 valence electrons. The molecule has 0 radical (unpaired) electrons. The first-order chi connectivity index (χ1) is 8.28. The Balaban J connectivity index is 1.71. The highest BCUT2D eigenvalue weighted by Crippen LogP contribution is 2.19. The lowest BCUT2D eigenvalue weighted by Crippen LogP contribution is -2.41. The number of carbonyl (C=O) groups excluding carboxylic acids is 1. The Bertz CT molecular complexity index is 312. The van der Waals surface area contributed by atoms with Crippen molar-refractivity contribution in [1.29, 1.82) is 5.26 Å². The van der Waals surface area contributed by atoms with Gasteiger partial charge in [0.15, 0.2) is 0 Å². The number of nitrogens with zero attached hydrogens (tertiary/aromatic N) is 2. The van der Waals surface area contributed by atoms with E-state index >= 15 is 0 Å². The first-order valence-corrected chi connectivity index (χ1v) is 6.40. The van der Waals surface area contributed by atoms with Crippen molar-refractivity contribution < 1.29 is 4.79 Å². The lowest BCUT2D eigenvalue weighted by Gasteiger charge is -2.23. The van der Waals surface area contributed by atoms with Gasteiger partial charge in [0.1, 0.15) is 0 Å². The van der Waals surface area contributed by atoms with Gasteiger partial charge >= 0.3 is 0 Å². The number of nitriles is 1. The van der Waals surface area contributed by atoms with Crippen LogP contribution in [0.2, 0.25) is 0 Å². The second-order valence-electron chi connectivity index (χ2n) is 4.92. The molecule has 2 rings (SSSR count). The number of likely N-dealkylation sites (tertiary alicyclic amines) is 1. The van der Waals surface area contributed by atoms with Crippen molar-refractivity contribution in [2.45, 2.75) is 37.8 Å². The van der Waals surface area contributed by atoms with E-state index in [-0.39, 0.29) is 5.91 Å². The molecule has 2 saturated heterocycles. The number of carbonyl (C=O) groups is 1. The molecule has 0 aromatic rings. The molecule has 2 heterocycles. The highest BCUT2D eigenvalue weighted by molar-refractivity contribution is 5.78. The molecule has 0 aromatic heterocycles. The SMILES string of the molecule is N#CCCNC(=O)CN1CCC2CCC(C1)N2. The molecule has 2 aliphatic heterocycles. The van der Waals surface area contributed by atoms with Gasteiger partial charge in [0.2, 0.25) is 5.91 Å². The zero-order valence-corrected chi connectivity index (χ0v) is 10.1. The predicted octanol–water partition coefficient (Wildman–Crippen LogP) is -0.157. The summed E-state index contributed by atoms with van der Waals surface area (Å²) in [6.07, 6.45) is 4.05. The zero-order chi connectivity index (χ0) is 12.1. The lowest BCUT2D eigenvalue weighted by molar-refractivity contribution is -0.122. The molecule has 0 saturated carbocycles. The van der Waals surface area contributed by atoms with Crippen molar-refractivity contribution >= 4 is 5.91 Å². The second-order valence-corrected chi connectivity index (χ2v) is 4.92. The number of rotatable bonds is 4. The fourth-order valence-electron chi connectivity index (χ4n) is 2.68. The minimum atomic E-state index is 0.0398. The molecule has 0 aliphatic carbocycles. The van der Waals surface area contributed by atoms with E-state index in [1.165, 1.54) is 12.8 Å². The first-order valence-electron chi connectivity index (χ1n) is 6.40. The van der Waals surface area contributed by atoms with Crippen LogP contribution in [0.4, 0.5) is 0 Å². The van der Waals surface area contributed by atoms with Gasteiger partial charge in [-0.15, -0.1) is 0 Å². The summed E-state index contributed by atoms with van der Waals surface area (Å²) in [5.41, 5.74) is 0. The van der Waals surface area contributed by atoms with Crippen LogP contribution in [-0.2, 0) is 4.79 Å². The largest absolute Gasteiger partial charge is 0.354 e. The molecule has 5 nitrogen and oxygen atoms in total. The summed E-state index contributed by atoms with van der Waals surface area (Å²) in [6.45, 7) is 2.91. The van der Waals surface area contributed by atoms with E-state index in [2.05, 4.69) is 15.5 Å². The van der Waals surface area contributed by atoms with Crippen molar-refractivity contribution in [3.8, 4) is 6.07 Å². The van der Waals surface area contributed by atoms with Gasteiger partial charge < -0.3 is 10.6 Å². The molecule has 0 aromatic carbocycles. The molecular weight excluding hydrogens is 216 g/mol. The van der Waals surface area contributed by atoms with Crippen LogP contribution in [0.25, 0.3) is 0 Å². The molecule has 2 aliphatic rings. The third-order valence-electron chi connectivity index (χ3n) is 3.53. The number of hydrogen-bond donors (Lipinski definition) is 2. The van der Waals surface area contributed by atoms with Gasteiger partial charge in [-0.3, -0.25) is 9.69 Å². The Labute approximate surface area is 102 Å². The van der Waals surface area contributed by atoms with Crippen molar-refractivity contribution in [1.82, 2.24) is 15.5 Å². The van der Waals surface area contributed by atoms with Gasteiger partial charge in [-0.1, -0.05) is 0 Å². The summed E-state index contributed by atoms with van der Waals surface area (Å²) in [5.74, 6) is 0.0398. The van der Waals surface area contributed by atoms with E-state index in [0.717, 1.165) is 19.5 Å². The van der Waals surface area contributed by atoms with Crippen LogP contribution in [0, 0.1) is 11.3 Å². The van der Waals surface area contributed by atoms with E-state index in [1.54, 1.807) is 0 Å². The van der Waals surface area contributed by atoms with E-state index in [9.17, 15) is 4.79 Å². The topological polar surface area (TPSA) is 68.2 Å². The molecule has 2 unspecified atom stereocenters. The minimum absolute atomic E-state index is 0.0398. The van der Waals surface area contributed by atoms with Gasteiger partial charge in [0, 0.05) is 31.7 Å². The summed E-state index contributed by atoms with van der Waals surface area (Å²) in [5, 5.41) is 14.8. The molecular formula is C12H20N4O. The quantitative estimate of drug-likeness (QED) is 0.666. The van der Waals surface area contributed by atoms with Crippen LogP contribution in [-0.4, -0.2) is 49.1 Å². The van der Waals surface area contributed by atoms with Gasteiger partial charge in [-0.05, 0) is 19.3 Å². The van der Waals surface area contributed by atoms with E-state index in [0.29, 0.717) is 31.6 Å². The minimum Gasteiger partial charge on any atom is -0.354 e. The normalized spacial score (nSPS) is 28.4. The number of nitrogens with one attached hydrogen (secondary N) is 2. The van der Waals surface area contributed by atoms with Gasteiger partial charge in [0.05, 0.1) is 19.0 Å². The maximum atomic E-state index is 11.6. The van der Waals surface area contributed by atoms with Crippen molar-refractivity contribution in [3.63, 3.8) is 0 Å². The lowest BCUT2D eigenvalue weighted by atomic mass is 10.1. The summed E-state index contributed by atoms with van der Waals surface area (Å²) in [7, 11) is 0. The van der Waals surface area contributed by atoms with Crippen LogP contribution in [0.5, 0.6) is 0 Å². The second kappa shape index (κ2) is 5.99. The predicted molar refractivity (Wildman–Crippen MR) is 64.2 cm³/mol. The average molecular weight is 236 g/mol. The number of fused-ring (bicyclic) bond motifs is 2. The third-order valence-corrected chi connectivity index (χ3v) is 3.53. The number of amides is 1. The maximum absolute atomic E-state index is 11.6. The molecule has 5 heteroatoms. The van der Waals surface area contributed by atoms with Gasteiger partial charge in [0.25, 0.3) is 0 Å². The Morgan fingerprint density at radius 2 is 2.24 bits per heavy atom. The summed E-state index contributed by atoms with van der Waals surface area (Å²) in [6, 6.07) is 3.24. The summed E-state index contributed by atoms with van der Waals surface area (Å²) < 4.78 is 0. The Hall–Kier alpha value is -1.12. The molecule has 1 amide bonds. The highest BCUT2D eigenvalue weighted by atomic mass is 16.2. The van der Waals surface area contributed by atoms with Crippen LogP contribution in [0.1, 0.15) is 25.7 Å². The molecule has 2 N–H and O–H groups in total. The van der Waals surface area contributed by atoms with E-state index < -0.39 is 0 Å². The molecule has 17 heavy (non-hydrogen) atoms. The smallest absolute Gasteiger partial charge is 0.234 e. The standard InChI is InChI=1S/C12H20N4O/c13-5-1-6-14-12(17)9-16-7-4-10-2-3-11(8-16)15-10/h10-11,15H,1-4,6-9H2,(H,14,17). The Morgan fingerprint density at radius 1 is 1.41 bits per heavy atom. The van der Waals surface area contributed by atoms with E-state index in [4.69, 9.17) is 5.26 Å². The highest BCUT2D eigenvalue weighted by Gasteiger charge is 2.29.